The van der Waals surface area contributed by atoms with Crippen LogP contribution in [0.25, 0.3) is 0 Å². The summed E-state index contributed by atoms with van der Waals surface area (Å²) in [5, 5.41) is 2.76. The molecular weight excluding hydrogens is 458 g/mol. The lowest BCUT2D eigenvalue weighted by Gasteiger charge is -2.33. The minimum absolute atomic E-state index is 0.101. The molecule has 186 valence electrons. The molecular formula is C25H34F2N4O2S. The predicted molar refractivity (Wildman–Crippen MR) is 131 cm³/mol. The molecule has 0 radical (unpaired) electrons. The highest BCUT2D eigenvalue weighted by Crippen LogP contribution is 2.28. The molecule has 2 heterocycles. The van der Waals surface area contributed by atoms with Crippen molar-refractivity contribution in [1.82, 2.24) is 14.8 Å². The molecule has 2 aromatic rings. The van der Waals surface area contributed by atoms with E-state index in [1.165, 1.54) is 11.3 Å². The van der Waals surface area contributed by atoms with E-state index in [4.69, 9.17) is 0 Å². The van der Waals surface area contributed by atoms with Gasteiger partial charge < -0.3 is 14.7 Å². The summed E-state index contributed by atoms with van der Waals surface area (Å²) < 4.78 is 28.6. The molecule has 0 bridgehead atoms. The molecule has 0 atom stereocenters. The monoisotopic (exact) mass is 492 g/mol. The van der Waals surface area contributed by atoms with Crippen molar-refractivity contribution in [3.8, 4) is 0 Å². The van der Waals surface area contributed by atoms with Gasteiger partial charge in [0, 0.05) is 56.6 Å². The van der Waals surface area contributed by atoms with Crippen molar-refractivity contribution >= 4 is 28.8 Å². The van der Waals surface area contributed by atoms with Crippen LogP contribution in [0.1, 0.15) is 56.3 Å². The van der Waals surface area contributed by atoms with Gasteiger partial charge in [0.15, 0.2) is 11.6 Å². The van der Waals surface area contributed by atoms with Crippen LogP contribution >= 0.6 is 11.3 Å². The van der Waals surface area contributed by atoms with Crippen LogP contribution in [0.3, 0.4) is 0 Å². The van der Waals surface area contributed by atoms with Crippen LogP contribution in [-0.2, 0) is 22.6 Å². The Morgan fingerprint density at radius 2 is 1.74 bits per heavy atom. The first-order valence-electron chi connectivity index (χ1n) is 11.9. The van der Waals surface area contributed by atoms with Crippen molar-refractivity contribution in [2.75, 3.05) is 31.1 Å². The van der Waals surface area contributed by atoms with Crippen molar-refractivity contribution < 1.29 is 18.4 Å². The van der Waals surface area contributed by atoms with Crippen molar-refractivity contribution in [3.63, 3.8) is 0 Å². The van der Waals surface area contributed by atoms with E-state index in [1.54, 1.807) is 16.7 Å². The normalized spacial score (nSPS) is 16.2. The number of anilines is 1. The number of nitrogens with zero attached hydrogens (tertiary/aromatic N) is 4. The zero-order chi connectivity index (χ0) is 24.8. The molecule has 0 aliphatic carbocycles. The van der Waals surface area contributed by atoms with Gasteiger partial charge in [-0.15, -0.1) is 11.3 Å². The lowest BCUT2D eigenvalue weighted by Crippen LogP contribution is -2.41. The molecule has 0 saturated carbocycles. The largest absolute Gasteiger partial charge is 0.338 e. The van der Waals surface area contributed by atoms with Crippen molar-refractivity contribution in [1.29, 1.82) is 0 Å². The number of aromatic nitrogens is 1. The van der Waals surface area contributed by atoms with Gasteiger partial charge in [-0.05, 0) is 45.2 Å². The minimum atomic E-state index is -1.00. The quantitative estimate of drug-likeness (QED) is 0.629. The van der Waals surface area contributed by atoms with E-state index in [2.05, 4.69) is 23.7 Å². The second-order valence-corrected chi connectivity index (χ2v) is 10.0. The summed E-state index contributed by atoms with van der Waals surface area (Å²) in [5.74, 6) is -2.26. The standard InChI is InChI=1S/C25H34F2N4O2S/c1-5-24(32)31-11-7-9-29(17(2)3)8-6-10-30(25(33)13-20-16-34-18(4)28-20)15-19-12-21(26)22(27)14-23(19)31/h12,14,16-17H,5-11,13,15H2,1-4H3. The predicted octanol–water partition coefficient (Wildman–Crippen LogP) is 4.55. The van der Waals surface area contributed by atoms with Gasteiger partial charge in [-0.3, -0.25) is 9.59 Å². The fourth-order valence-electron chi connectivity index (χ4n) is 4.30. The molecule has 6 nitrogen and oxygen atoms in total. The van der Waals surface area contributed by atoms with Gasteiger partial charge in [0.1, 0.15) is 0 Å². The molecule has 1 aliphatic rings. The number of hydrogen-bond acceptors (Lipinski definition) is 5. The summed E-state index contributed by atoms with van der Waals surface area (Å²) in [4.78, 5) is 36.1. The average molecular weight is 493 g/mol. The van der Waals surface area contributed by atoms with Crippen LogP contribution in [-0.4, -0.2) is 58.8 Å². The Morgan fingerprint density at radius 1 is 1.06 bits per heavy atom. The number of amides is 2. The number of halogens is 2. The minimum Gasteiger partial charge on any atom is -0.338 e. The first-order chi connectivity index (χ1) is 16.2. The molecule has 1 aliphatic heterocycles. The van der Waals surface area contributed by atoms with E-state index < -0.39 is 11.6 Å². The van der Waals surface area contributed by atoms with Crippen LogP contribution in [0.5, 0.6) is 0 Å². The third-order valence-electron chi connectivity index (χ3n) is 6.16. The Morgan fingerprint density at radius 3 is 2.35 bits per heavy atom. The van der Waals surface area contributed by atoms with Crippen LogP contribution in [0, 0.1) is 18.6 Å². The lowest BCUT2D eigenvalue weighted by molar-refractivity contribution is -0.131. The first kappa shape index (κ1) is 26.2. The van der Waals surface area contributed by atoms with Crippen LogP contribution in [0.2, 0.25) is 0 Å². The van der Waals surface area contributed by atoms with Gasteiger partial charge in [-0.25, -0.2) is 13.8 Å². The smallest absolute Gasteiger partial charge is 0.228 e. The van der Waals surface area contributed by atoms with Gasteiger partial charge in [-0.1, -0.05) is 6.92 Å². The third kappa shape index (κ3) is 6.60. The Hall–Kier alpha value is -2.39. The van der Waals surface area contributed by atoms with E-state index in [0.29, 0.717) is 42.5 Å². The Bertz CT molecular complexity index is 1010. The number of carbonyl (C=O) groups excluding carboxylic acids is 2. The number of thiazole rings is 1. The number of fused-ring (bicyclic) bond motifs is 1. The number of benzene rings is 1. The lowest BCUT2D eigenvalue weighted by atomic mass is 10.1. The van der Waals surface area contributed by atoms with Crippen LogP contribution in [0.4, 0.5) is 14.5 Å². The maximum Gasteiger partial charge on any atom is 0.228 e. The zero-order valence-electron chi connectivity index (χ0n) is 20.4. The van der Waals surface area contributed by atoms with Gasteiger partial charge >= 0.3 is 0 Å². The van der Waals surface area contributed by atoms with E-state index >= 15 is 0 Å². The Labute approximate surface area is 204 Å². The zero-order valence-corrected chi connectivity index (χ0v) is 21.3. The van der Waals surface area contributed by atoms with Gasteiger partial charge in [0.2, 0.25) is 11.8 Å². The fraction of sp³-hybridized carbons (Fsp3) is 0.560. The SMILES string of the molecule is CCC(=O)N1CCCN(C(C)C)CCCN(C(=O)Cc2csc(C)n2)Cc2cc(F)c(F)cc21. The second kappa shape index (κ2) is 11.8. The molecule has 2 amide bonds. The fourth-order valence-corrected chi connectivity index (χ4v) is 4.92. The van der Waals surface area contributed by atoms with E-state index in [-0.39, 0.29) is 31.2 Å². The van der Waals surface area contributed by atoms with Gasteiger partial charge in [-0.2, -0.15) is 0 Å². The second-order valence-electron chi connectivity index (χ2n) is 8.98. The van der Waals surface area contributed by atoms with E-state index in [0.717, 1.165) is 36.7 Å². The number of rotatable bonds is 4. The molecule has 0 fully saturated rings. The molecule has 0 N–H and O–H groups in total. The molecule has 0 unspecified atom stereocenters. The van der Waals surface area contributed by atoms with E-state index in [1.807, 2.05) is 12.3 Å². The van der Waals surface area contributed by atoms with Crippen molar-refractivity contribution in [2.45, 2.75) is 66.0 Å². The number of hydrogen-bond donors (Lipinski definition) is 0. The molecule has 9 heteroatoms. The molecule has 0 spiro atoms. The topological polar surface area (TPSA) is 56.8 Å². The van der Waals surface area contributed by atoms with Crippen molar-refractivity contribution in [3.05, 3.63) is 45.4 Å². The highest BCUT2D eigenvalue weighted by molar-refractivity contribution is 7.09. The summed E-state index contributed by atoms with van der Waals surface area (Å²) in [6.45, 7) is 10.5. The molecule has 3 rings (SSSR count). The maximum atomic E-state index is 14.3. The van der Waals surface area contributed by atoms with Crippen LogP contribution < -0.4 is 4.90 Å². The Balaban J connectivity index is 1.99. The average Bonchev–Trinajstić information content (AvgIpc) is 3.19. The molecule has 1 aromatic carbocycles. The third-order valence-corrected chi connectivity index (χ3v) is 6.98. The summed E-state index contributed by atoms with van der Waals surface area (Å²) in [6, 6.07) is 2.54. The number of carbonyl (C=O) groups is 2. The van der Waals surface area contributed by atoms with Gasteiger partial charge in [0.25, 0.3) is 0 Å². The van der Waals surface area contributed by atoms with Gasteiger partial charge in [0.05, 0.1) is 22.8 Å². The summed E-state index contributed by atoms with van der Waals surface area (Å²) in [6.07, 6.45) is 1.87. The Kier molecular flexibility index (Phi) is 9.13. The molecule has 0 saturated heterocycles. The van der Waals surface area contributed by atoms with Crippen LogP contribution in [0.15, 0.2) is 17.5 Å². The highest BCUT2D eigenvalue weighted by atomic mass is 32.1. The number of aryl methyl sites for hydroxylation is 1. The molecule has 1 aromatic heterocycles. The van der Waals surface area contributed by atoms with Crippen molar-refractivity contribution in [2.24, 2.45) is 0 Å². The van der Waals surface area contributed by atoms with E-state index in [9.17, 15) is 18.4 Å². The maximum absolute atomic E-state index is 14.3. The summed E-state index contributed by atoms with van der Waals surface area (Å²) in [5.41, 5.74) is 1.48. The highest BCUT2D eigenvalue weighted by Gasteiger charge is 2.25. The molecule has 34 heavy (non-hydrogen) atoms. The first-order valence-corrected chi connectivity index (χ1v) is 12.8. The summed E-state index contributed by atoms with van der Waals surface area (Å²) in [7, 11) is 0. The summed E-state index contributed by atoms with van der Waals surface area (Å²) >= 11 is 1.49.